The molecular formula is C16H27N3. The molecule has 0 saturated carbocycles. The lowest BCUT2D eigenvalue weighted by atomic mass is 9.92. The fourth-order valence-corrected chi connectivity index (χ4v) is 2.83. The van der Waals surface area contributed by atoms with Crippen molar-refractivity contribution in [3.63, 3.8) is 0 Å². The highest BCUT2D eigenvalue weighted by molar-refractivity contribution is 5.43. The molecule has 1 aliphatic rings. The lowest BCUT2D eigenvalue weighted by molar-refractivity contribution is 0.106. The first-order valence-electron chi connectivity index (χ1n) is 7.64. The van der Waals surface area contributed by atoms with E-state index in [1.54, 1.807) is 0 Å². The number of rotatable bonds is 5. The summed E-state index contributed by atoms with van der Waals surface area (Å²) < 4.78 is 0. The third kappa shape index (κ3) is 3.69. The molecular weight excluding hydrogens is 234 g/mol. The van der Waals surface area contributed by atoms with Crippen molar-refractivity contribution >= 4 is 5.82 Å². The molecule has 2 atom stereocenters. The Morgan fingerprint density at radius 1 is 1.42 bits per heavy atom. The molecule has 0 aliphatic carbocycles. The SMILES string of the molecule is CCCNc1ncccc1CN1CCCC(C)C1C. The maximum atomic E-state index is 4.49. The maximum Gasteiger partial charge on any atom is 0.130 e. The Bertz CT molecular complexity index is 391. The van der Waals surface area contributed by atoms with Gasteiger partial charge in [0.1, 0.15) is 5.82 Å². The largest absolute Gasteiger partial charge is 0.370 e. The highest BCUT2D eigenvalue weighted by Crippen LogP contribution is 2.25. The number of nitrogens with zero attached hydrogens (tertiary/aromatic N) is 2. The van der Waals surface area contributed by atoms with Gasteiger partial charge in [0.05, 0.1) is 0 Å². The number of likely N-dealkylation sites (tertiary alicyclic amines) is 1. The van der Waals surface area contributed by atoms with Crippen molar-refractivity contribution in [2.24, 2.45) is 5.92 Å². The first kappa shape index (κ1) is 14.3. The zero-order valence-corrected chi connectivity index (χ0v) is 12.5. The maximum absolute atomic E-state index is 4.49. The van der Waals surface area contributed by atoms with Crippen molar-refractivity contribution in [2.45, 2.75) is 52.6 Å². The second-order valence-electron chi connectivity index (χ2n) is 5.77. The molecule has 0 aromatic carbocycles. The van der Waals surface area contributed by atoms with Gasteiger partial charge in [-0.3, -0.25) is 4.90 Å². The molecule has 0 spiro atoms. The van der Waals surface area contributed by atoms with Crippen molar-refractivity contribution < 1.29 is 0 Å². The van der Waals surface area contributed by atoms with Crippen LogP contribution < -0.4 is 5.32 Å². The van der Waals surface area contributed by atoms with Gasteiger partial charge in [0.15, 0.2) is 0 Å². The van der Waals surface area contributed by atoms with E-state index in [4.69, 9.17) is 0 Å². The normalized spacial score (nSPS) is 24.4. The number of hydrogen-bond acceptors (Lipinski definition) is 3. The summed E-state index contributed by atoms with van der Waals surface area (Å²) in [6.45, 7) is 10.1. The van der Waals surface area contributed by atoms with E-state index in [0.717, 1.165) is 31.2 Å². The molecule has 2 heterocycles. The summed E-state index contributed by atoms with van der Waals surface area (Å²) in [4.78, 5) is 7.09. The van der Waals surface area contributed by atoms with Gasteiger partial charge in [0, 0.05) is 30.9 Å². The fraction of sp³-hybridized carbons (Fsp3) is 0.688. The van der Waals surface area contributed by atoms with Crippen LogP contribution in [-0.2, 0) is 6.54 Å². The van der Waals surface area contributed by atoms with Crippen LogP contribution in [0.5, 0.6) is 0 Å². The summed E-state index contributed by atoms with van der Waals surface area (Å²) in [6.07, 6.45) is 5.70. The van der Waals surface area contributed by atoms with E-state index in [1.807, 2.05) is 12.3 Å². The molecule has 1 N–H and O–H groups in total. The van der Waals surface area contributed by atoms with Crippen LogP contribution in [0.3, 0.4) is 0 Å². The van der Waals surface area contributed by atoms with Crippen molar-refractivity contribution in [3.8, 4) is 0 Å². The third-order valence-corrected chi connectivity index (χ3v) is 4.31. The predicted octanol–water partition coefficient (Wildman–Crippen LogP) is 3.52. The van der Waals surface area contributed by atoms with Crippen LogP contribution in [-0.4, -0.2) is 29.0 Å². The molecule has 3 nitrogen and oxygen atoms in total. The highest BCUT2D eigenvalue weighted by Gasteiger charge is 2.25. The van der Waals surface area contributed by atoms with Gasteiger partial charge in [0.2, 0.25) is 0 Å². The minimum absolute atomic E-state index is 0.674. The molecule has 1 aromatic rings. The third-order valence-electron chi connectivity index (χ3n) is 4.31. The van der Waals surface area contributed by atoms with Crippen molar-refractivity contribution in [2.75, 3.05) is 18.4 Å². The molecule has 106 valence electrons. The zero-order valence-electron chi connectivity index (χ0n) is 12.5. The second-order valence-corrected chi connectivity index (χ2v) is 5.77. The van der Waals surface area contributed by atoms with E-state index in [-0.39, 0.29) is 0 Å². The Balaban J connectivity index is 2.05. The Hall–Kier alpha value is -1.09. The number of anilines is 1. The molecule has 1 fully saturated rings. The van der Waals surface area contributed by atoms with E-state index in [0.29, 0.717) is 6.04 Å². The summed E-state index contributed by atoms with van der Waals surface area (Å²) in [6, 6.07) is 4.93. The molecule has 0 bridgehead atoms. The monoisotopic (exact) mass is 261 g/mol. The zero-order chi connectivity index (χ0) is 13.7. The molecule has 3 heteroatoms. The Labute approximate surface area is 117 Å². The van der Waals surface area contributed by atoms with E-state index in [2.05, 4.69) is 42.0 Å². The number of hydrogen-bond donors (Lipinski definition) is 1. The topological polar surface area (TPSA) is 28.2 Å². The first-order valence-corrected chi connectivity index (χ1v) is 7.64. The summed E-state index contributed by atoms with van der Waals surface area (Å²) in [7, 11) is 0. The summed E-state index contributed by atoms with van der Waals surface area (Å²) in [5.74, 6) is 1.87. The minimum Gasteiger partial charge on any atom is -0.370 e. The molecule has 19 heavy (non-hydrogen) atoms. The van der Waals surface area contributed by atoms with Crippen LogP contribution in [0.1, 0.15) is 45.6 Å². The minimum atomic E-state index is 0.674. The van der Waals surface area contributed by atoms with Gasteiger partial charge in [-0.25, -0.2) is 4.98 Å². The molecule has 1 aliphatic heterocycles. The molecule has 2 rings (SSSR count). The standard InChI is InChI=1S/C16H27N3/c1-4-9-17-16-15(8-5-10-18-16)12-19-11-6-7-13(2)14(19)3/h5,8,10,13-14H,4,6-7,9,11-12H2,1-3H3,(H,17,18). The lowest BCUT2D eigenvalue weighted by Crippen LogP contribution is -2.41. The number of pyridine rings is 1. The predicted molar refractivity (Wildman–Crippen MR) is 81.3 cm³/mol. The number of piperidine rings is 1. The molecule has 1 saturated heterocycles. The second kappa shape index (κ2) is 6.90. The van der Waals surface area contributed by atoms with Crippen LogP contribution >= 0.6 is 0 Å². The summed E-state index contributed by atoms with van der Waals surface area (Å²) >= 11 is 0. The lowest BCUT2D eigenvalue weighted by Gasteiger charge is -2.38. The molecule has 0 amide bonds. The Morgan fingerprint density at radius 3 is 3.05 bits per heavy atom. The van der Waals surface area contributed by atoms with E-state index in [9.17, 15) is 0 Å². The van der Waals surface area contributed by atoms with Crippen molar-refractivity contribution in [1.82, 2.24) is 9.88 Å². The van der Waals surface area contributed by atoms with Crippen LogP contribution in [0, 0.1) is 5.92 Å². The van der Waals surface area contributed by atoms with Crippen LogP contribution in [0.15, 0.2) is 18.3 Å². The molecule has 0 radical (unpaired) electrons. The Kier molecular flexibility index (Phi) is 5.20. The number of nitrogens with one attached hydrogen (secondary N) is 1. The fourth-order valence-electron chi connectivity index (χ4n) is 2.83. The van der Waals surface area contributed by atoms with Crippen LogP contribution in [0.2, 0.25) is 0 Å². The van der Waals surface area contributed by atoms with E-state index >= 15 is 0 Å². The van der Waals surface area contributed by atoms with Gasteiger partial charge in [-0.15, -0.1) is 0 Å². The van der Waals surface area contributed by atoms with Gasteiger partial charge < -0.3 is 5.32 Å². The Morgan fingerprint density at radius 2 is 2.26 bits per heavy atom. The highest BCUT2D eigenvalue weighted by atomic mass is 15.2. The van der Waals surface area contributed by atoms with E-state index < -0.39 is 0 Å². The van der Waals surface area contributed by atoms with Gasteiger partial charge in [-0.2, -0.15) is 0 Å². The van der Waals surface area contributed by atoms with Crippen molar-refractivity contribution in [3.05, 3.63) is 23.9 Å². The smallest absolute Gasteiger partial charge is 0.130 e. The number of aromatic nitrogens is 1. The van der Waals surface area contributed by atoms with Crippen molar-refractivity contribution in [1.29, 1.82) is 0 Å². The quantitative estimate of drug-likeness (QED) is 0.879. The van der Waals surface area contributed by atoms with Crippen LogP contribution in [0.4, 0.5) is 5.82 Å². The van der Waals surface area contributed by atoms with Gasteiger partial charge in [-0.1, -0.05) is 19.9 Å². The average molecular weight is 261 g/mol. The average Bonchev–Trinajstić information content (AvgIpc) is 2.43. The van der Waals surface area contributed by atoms with Gasteiger partial charge >= 0.3 is 0 Å². The van der Waals surface area contributed by atoms with Gasteiger partial charge in [0.25, 0.3) is 0 Å². The first-order chi connectivity index (χ1) is 9.22. The summed E-state index contributed by atoms with van der Waals surface area (Å²) in [5, 5.41) is 3.44. The van der Waals surface area contributed by atoms with E-state index in [1.165, 1.54) is 24.9 Å². The molecule has 2 unspecified atom stereocenters. The summed E-state index contributed by atoms with van der Waals surface area (Å²) in [5.41, 5.74) is 1.33. The van der Waals surface area contributed by atoms with Crippen LogP contribution in [0.25, 0.3) is 0 Å². The van der Waals surface area contributed by atoms with Gasteiger partial charge in [-0.05, 0) is 44.7 Å². The molecule has 1 aromatic heterocycles.